The topological polar surface area (TPSA) is 24.9 Å². The third-order valence-electron chi connectivity index (χ3n) is 5.08. The Balaban J connectivity index is 1.56. The predicted molar refractivity (Wildman–Crippen MR) is 97.5 cm³/mol. The zero-order valence-electron chi connectivity index (χ0n) is 15.2. The number of hydrogen-bond donors (Lipinski definition) is 0. The van der Waals surface area contributed by atoms with Gasteiger partial charge >= 0.3 is 0 Å². The lowest BCUT2D eigenvalue weighted by atomic mass is 10.1. The van der Waals surface area contributed by atoms with E-state index in [4.69, 9.17) is 9.47 Å². The average Bonchev–Trinajstić information content (AvgIpc) is 3.08. The minimum Gasteiger partial charge on any atom is -0.490 e. The van der Waals surface area contributed by atoms with Gasteiger partial charge in [-0.15, -0.1) is 0 Å². The van der Waals surface area contributed by atoms with Crippen LogP contribution in [0.5, 0.6) is 5.75 Å². The minimum atomic E-state index is 0.351. The summed E-state index contributed by atoms with van der Waals surface area (Å²) in [7, 11) is 4.24. The highest BCUT2D eigenvalue weighted by Crippen LogP contribution is 2.27. The molecule has 1 saturated heterocycles. The molecular formula is C20H32N2O2. The molecule has 3 rings (SSSR count). The molecule has 1 aliphatic carbocycles. The van der Waals surface area contributed by atoms with Gasteiger partial charge in [0.05, 0.1) is 18.8 Å². The van der Waals surface area contributed by atoms with E-state index in [-0.39, 0.29) is 0 Å². The van der Waals surface area contributed by atoms with Gasteiger partial charge in [-0.05, 0) is 52.3 Å². The fourth-order valence-corrected chi connectivity index (χ4v) is 3.68. The fourth-order valence-electron chi connectivity index (χ4n) is 3.68. The molecule has 4 nitrogen and oxygen atoms in total. The van der Waals surface area contributed by atoms with E-state index in [2.05, 4.69) is 48.2 Å². The normalized spacial score (nSPS) is 23.0. The number of ether oxygens (including phenoxy) is 2. The summed E-state index contributed by atoms with van der Waals surface area (Å²) in [6.45, 7) is 4.91. The molecule has 1 saturated carbocycles. The van der Waals surface area contributed by atoms with Gasteiger partial charge in [0.15, 0.2) is 0 Å². The van der Waals surface area contributed by atoms with Crippen molar-refractivity contribution in [1.29, 1.82) is 0 Å². The SMILES string of the molecule is CN(C)CCC1CN(Cc2ccccc2OC2CCCC2)CCO1. The van der Waals surface area contributed by atoms with E-state index in [9.17, 15) is 0 Å². The maximum Gasteiger partial charge on any atom is 0.124 e. The summed E-state index contributed by atoms with van der Waals surface area (Å²) in [5, 5.41) is 0. The zero-order chi connectivity index (χ0) is 16.8. The molecule has 1 atom stereocenters. The first-order valence-electron chi connectivity index (χ1n) is 9.44. The Labute approximate surface area is 146 Å². The summed E-state index contributed by atoms with van der Waals surface area (Å²) in [4.78, 5) is 4.74. The lowest BCUT2D eigenvalue weighted by molar-refractivity contribution is -0.0372. The van der Waals surface area contributed by atoms with Crippen LogP contribution < -0.4 is 4.74 Å². The van der Waals surface area contributed by atoms with Crippen molar-refractivity contribution >= 4 is 0 Å². The Kier molecular flexibility index (Phi) is 6.52. The van der Waals surface area contributed by atoms with Crippen LogP contribution in [-0.2, 0) is 11.3 Å². The highest BCUT2D eigenvalue weighted by molar-refractivity contribution is 5.33. The molecule has 134 valence electrons. The van der Waals surface area contributed by atoms with Crippen LogP contribution in [0.2, 0.25) is 0 Å². The van der Waals surface area contributed by atoms with E-state index in [1.54, 1.807) is 0 Å². The van der Waals surface area contributed by atoms with Crippen LogP contribution in [-0.4, -0.2) is 62.3 Å². The Hall–Kier alpha value is -1.10. The van der Waals surface area contributed by atoms with Gasteiger partial charge in [-0.1, -0.05) is 18.2 Å². The summed E-state index contributed by atoms with van der Waals surface area (Å²) in [6.07, 6.45) is 6.90. The molecule has 1 aliphatic heterocycles. The molecular weight excluding hydrogens is 300 g/mol. The van der Waals surface area contributed by atoms with Gasteiger partial charge in [0, 0.05) is 31.7 Å². The maximum atomic E-state index is 6.29. The van der Waals surface area contributed by atoms with Crippen molar-refractivity contribution in [2.24, 2.45) is 0 Å². The quantitative estimate of drug-likeness (QED) is 0.766. The summed E-state index contributed by atoms with van der Waals surface area (Å²) < 4.78 is 12.2. The summed E-state index contributed by atoms with van der Waals surface area (Å²) >= 11 is 0. The Morgan fingerprint density at radius 1 is 1.21 bits per heavy atom. The van der Waals surface area contributed by atoms with E-state index in [0.717, 1.165) is 45.0 Å². The molecule has 1 aromatic rings. The lowest BCUT2D eigenvalue weighted by Gasteiger charge is -2.34. The summed E-state index contributed by atoms with van der Waals surface area (Å²) in [5.74, 6) is 1.08. The Bertz CT molecular complexity index is 500. The van der Waals surface area contributed by atoms with Crippen LogP contribution in [0.1, 0.15) is 37.7 Å². The maximum absolute atomic E-state index is 6.29. The number of hydrogen-bond acceptors (Lipinski definition) is 4. The van der Waals surface area contributed by atoms with E-state index in [1.807, 2.05) is 0 Å². The van der Waals surface area contributed by atoms with Gasteiger partial charge in [-0.3, -0.25) is 4.90 Å². The molecule has 0 radical (unpaired) electrons. The van der Waals surface area contributed by atoms with E-state index < -0.39 is 0 Å². The molecule has 1 heterocycles. The second-order valence-electron chi connectivity index (χ2n) is 7.45. The molecule has 0 bridgehead atoms. The molecule has 24 heavy (non-hydrogen) atoms. The Morgan fingerprint density at radius 2 is 2.00 bits per heavy atom. The molecule has 0 aromatic heterocycles. The van der Waals surface area contributed by atoms with Crippen molar-refractivity contribution < 1.29 is 9.47 Å². The highest BCUT2D eigenvalue weighted by Gasteiger charge is 2.22. The van der Waals surface area contributed by atoms with Crippen molar-refractivity contribution in [3.05, 3.63) is 29.8 Å². The van der Waals surface area contributed by atoms with Crippen LogP contribution in [0, 0.1) is 0 Å². The standard InChI is InChI=1S/C20H32N2O2/c1-21(2)12-11-19-16-22(13-14-23-19)15-17-7-3-6-10-20(17)24-18-8-4-5-9-18/h3,6-7,10,18-19H,4-5,8-9,11-16H2,1-2H3. The number of rotatable bonds is 7. The molecule has 0 N–H and O–H groups in total. The first-order valence-corrected chi connectivity index (χ1v) is 9.44. The molecule has 0 spiro atoms. The zero-order valence-corrected chi connectivity index (χ0v) is 15.2. The molecule has 4 heteroatoms. The third-order valence-corrected chi connectivity index (χ3v) is 5.08. The van der Waals surface area contributed by atoms with Crippen molar-refractivity contribution in [1.82, 2.24) is 9.80 Å². The fraction of sp³-hybridized carbons (Fsp3) is 0.700. The van der Waals surface area contributed by atoms with Crippen LogP contribution in [0.3, 0.4) is 0 Å². The lowest BCUT2D eigenvalue weighted by Crippen LogP contribution is -2.43. The molecule has 2 aliphatic rings. The monoisotopic (exact) mass is 332 g/mol. The second kappa shape index (κ2) is 8.84. The van der Waals surface area contributed by atoms with Crippen molar-refractivity contribution in [3.63, 3.8) is 0 Å². The van der Waals surface area contributed by atoms with Crippen LogP contribution in [0.4, 0.5) is 0 Å². The number of benzene rings is 1. The van der Waals surface area contributed by atoms with Gasteiger partial charge in [-0.2, -0.15) is 0 Å². The second-order valence-corrected chi connectivity index (χ2v) is 7.45. The van der Waals surface area contributed by atoms with Crippen LogP contribution >= 0.6 is 0 Å². The number of para-hydroxylation sites is 1. The third kappa shape index (κ3) is 5.20. The van der Waals surface area contributed by atoms with Gasteiger partial charge in [0.1, 0.15) is 5.75 Å². The van der Waals surface area contributed by atoms with Gasteiger partial charge < -0.3 is 14.4 Å². The molecule has 2 fully saturated rings. The number of nitrogens with zero attached hydrogens (tertiary/aromatic N) is 2. The van der Waals surface area contributed by atoms with Gasteiger partial charge in [0.25, 0.3) is 0 Å². The minimum absolute atomic E-state index is 0.351. The van der Waals surface area contributed by atoms with E-state index >= 15 is 0 Å². The van der Waals surface area contributed by atoms with Gasteiger partial charge in [0.2, 0.25) is 0 Å². The van der Waals surface area contributed by atoms with Crippen LogP contribution in [0.25, 0.3) is 0 Å². The van der Waals surface area contributed by atoms with Crippen molar-refractivity contribution in [2.75, 3.05) is 40.3 Å². The van der Waals surface area contributed by atoms with Crippen LogP contribution in [0.15, 0.2) is 24.3 Å². The smallest absolute Gasteiger partial charge is 0.124 e. The van der Waals surface area contributed by atoms with Crippen molar-refractivity contribution in [3.8, 4) is 5.75 Å². The van der Waals surface area contributed by atoms with E-state index in [0.29, 0.717) is 12.2 Å². The number of morpholine rings is 1. The molecule has 1 unspecified atom stereocenters. The summed E-state index contributed by atoms with van der Waals surface area (Å²) in [5.41, 5.74) is 1.32. The average molecular weight is 332 g/mol. The molecule has 1 aromatic carbocycles. The first-order chi connectivity index (χ1) is 11.7. The summed E-state index contributed by atoms with van der Waals surface area (Å²) in [6, 6.07) is 8.57. The first kappa shape index (κ1) is 17.7. The predicted octanol–water partition coefficient (Wildman–Crippen LogP) is 3.16. The van der Waals surface area contributed by atoms with E-state index in [1.165, 1.54) is 31.2 Å². The largest absolute Gasteiger partial charge is 0.490 e. The van der Waals surface area contributed by atoms with Crippen molar-refractivity contribution in [2.45, 2.75) is 50.9 Å². The highest BCUT2D eigenvalue weighted by atomic mass is 16.5. The van der Waals surface area contributed by atoms with Gasteiger partial charge in [-0.25, -0.2) is 0 Å². The Morgan fingerprint density at radius 3 is 2.79 bits per heavy atom. The molecule has 0 amide bonds.